The molecular formula is C13H20N4O4. The van der Waals surface area contributed by atoms with E-state index in [0.717, 1.165) is 17.0 Å². The molecule has 0 aromatic carbocycles. The summed E-state index contributed by atoms with van der Waals surface area (Å²) in [5.74, 6) is -1.92. The van der Waals surface area contributed by atoms with E-state index in [4.69, 9.17) is 5.11 Å². The van der Waals surface area contributed by atoms with E-state index in [-0.39, 0.29) is 18.9 Å². The first-order valence-corrected chi connectivity index (χ1v) is 6.55. The molecule has 0 aliphatic rings. The molecule has 0 unspecified atom stereocenters. The number of nitrogens with one attached hydrogen (secondary N) is 2. The van der Waals surface area contributed by atoms with E-state index < -0.39 is 18.4 Å². The molecule has 1 rings (SSSR count). The fourth-order valence-electron chi connectivity index (χ4n) is 1.92. The Balaban J connectivity index is 2.34. The molecule has 0 radical (unpaired) electrons. The minimum Gasteiger partial charge on any atom is -0.480 e. The molecule has 0 bridgehead atoms. The van der Waals surface area contributed by atoms with Crippen LogP contribution in [0.4, 0.5) is 0 Å². The van der Waals surface area contributed by atoms with Crippen molar-refractivity contribution in [1.82, 2.24) is 20.4 Å². The van der Waals surface area contributed by atoms with E-state index in [2.05, 4.69) is 15.7 Å². The summed E-state index contributed by atoms with van der Waals surface area (Å²) in [4.78, 5) is 33.1. The average molecular weight is 296 g/mol. The van der Waals surface area contributed by atoms with Gasteiger partial charge in [0.1, 0.15) is 6.54 Å². The smallest absolute Gasteiger partial charge is 0.322 e. The topological polar surface area (TPSA) is 113 Å². The van der Waals surface area contributed by atoms with Gasteiger partial charge in [-0.15, -0.1) is 0 Å². The number of nitrogens with zero attached hydrogens (tertiary/aromatic N) is 2. The molecule has 0 aliphatic heterocycles. The van der Waals surface area contributed by atoms with Crippen LogP contribution in [0.2, 0.25) is 0 Å². The largest absolute Gasteiger partial charge is 0.480 e. The molecule has 116 valence electrons. The Labute approximate surface area is 122 Å². The van der Waals surface area contributed by atoms with Gasteiger partial charge >= 0.3 is 5.97 Å². The number of carboxylic acid groups (broad SMARTS) is 1. The van der Waals surface area contributed by atoms with E-state index in [1.54, 1.807) is 4.68 Å². The Morgan fingerprint density at radius 2 is 1.76 bits per heavy atom. The first-order chi connectivity index (χ1) is 9.81. The summed E-state index contributed by atoms with van der Waals surface area (Å²) in [5, 5.41) is 17.3. The number of amides is 2. The van der Waals surface area contributed by atoms with Crippen LogP contribution in [0.15, 0.2) is 0 Å². The number of aliphatic carboxylic acids is 1. The predicted molar refractivity (Wildman–Crippen MR) is 74.7 cm³/mol. The lowest BCUT2D eigenvalue weighted by Gasteiger charge is -2.06. The van der Waals surface area contributed by atoms with Crippen LogP contribution in [0, 0.1) is 13.8 Å². The summed E-state index contributed by atoms with van der Waals surface area (Å²) >= 11 is 0. The number of carbonyl (C=O) groups excluding carboxylic acids is 2. The average Bonchev–Trinajstić information content (AvgIpc) is 2.65. The second kappa shape index (κ2) is 7.41. The Morgan fingerprint density at radius 3 is 2.29 bits per heavy atom. The lowest BCUT2D eigenvalue weighted by molar-refractivity contribution is -0.137. The predicted octanol–water partition coefficient (Wildman–Crippen LogP) is -0.713. The zero-order valence-electron chi connectivity index (χ0n) is 12.4. The van der Waals surface area contributed by atoms with Gasteiger partial charge in [0.15, 0.2) is 0 Å². The molecule has 8 heteroatoms. The van der Waals surface area contributed by atoms with Gasteiger partial charge in [-0.2, -0.15) is 5.10 Å². The third kappa shape index (κ3) is 5.25. The number of carbonyl (C=O) groups is 3. The van der Waals surface area contributed by atoms with Crippen LogP contribution in [0.25, 0.3) is 0 Å². The van der Waals surface area contributed by atoms with Crippen molar-refractivity contribution in [2.75, 3.05) is 13.1 Å². The third-order valence-electron chi connectivity index (χ3n) is 3.14. The molecule has 1 heterocycles. The molecule has 0 saturated heterocycles. The summed E-state index contributed by atoms with van der Waals surface area (Å²) in [7, 11) is 1.85. The quantitative estimate of drug-likeness (QED) is 0.615. The Morgan fingerprint density at radius 1 is 1.14 bits per heavy atom. The molecule has 0 atom stereocenters. The first kappa shape index (κ1) is 16.7. The highest BCUT2D eigenvalue weighted by Crippen LogP contribution is 2.13. The van der Waals surface area contributed by atoms with Crippen molar-refractivity contribution >= 4 is 17.8 Å². The van der Waals surface area contributed by atoms with E-state index >= 15 is 0 Å². The Hall–Kier alpha value is -2.38. The highest BCUT2D eigenvalue weighted by Gasteiger charge is 2.12. The molecule has 0 saturated carbocycles. The van der Waals surface area contributed by atoms with Gasteiger partial charge in [-0.05, 0) is 25.8 Å². The van der Waals surface area contributed by atoms with Crippen molar-refractivity contribution < 1.29 is 19.5 Å². The van der Waals surface area contributed by atoms with E-state index in [9.17, 15) is 14.4 Å². The number of rotatable bonds is 7. The van der Waals surface area contributed by atoms with Gasteiger partial charge in [-0.3, -0.25) is 19.1 Å². The first-order valence-electron chi connectivity index (χ1n) is 6.55. The second-order valence-corrected chi connectivity index (χ2v) is 4.72. The van der Waals surface area contributed by atoms with Crippen LogP contribution >= 0.6 is 0 Å². The summed E-state index contributed by atoms with van der Waals surface area (Å²) in [5.41, 5.74) is 2.93. The minimum atomic E-state index is -1.13. The van der Waals surface area contributed by atoms with Crippen LogP contribution < -0.4 is 10.6 Å². The molecule has 1 aromatic rings. The lowest BCUT2D eigenvalue weighted by atomic mass is 10.1. The summed E-state index contributed by atoms with van der Waals surface area (Å²) < 4.78 is 1.77. The molecule has 2 amide bonds. The maximum absolute atomic E-state index is 11.7. The van der Waals surface area contributed by atoms with Crippen molar-refractivity contribution in [3.8, 4) is 0 Å². The van der Waals surface area contributed by atoms with Crippen molar-refractivity contribution in [3.63, 3.8) is 0 Å². The van der Waals surface area contributed by atoms with Gasteiger partial charge in [-0.25, -0.2) is 0 Å². The van der Waals surface area contributed by atoms with Gasteiger partial charge in [0.25, 0.3) is 0 Å². The van der Waals surface area contributed by atoms with Crippen LogP contribution in [-0.4, -0.2) is 45.8 Å². The van der Waals surface area contributed by atoms with E-state index in [1.807, 2.05) is 20.9 Å². The maximum atomic E-state index is 11.7. The van der Waals surface area contributed by atoms with E-state index in [0.29, 0.717) is 6.42 Å². The van der Waals surface area contributed by atoms with Crippen molar-refractivity contribution in [1.29, 1.82) is 0 Å². The molecule has 8 nitrogen and oxygen atoms in total. The van der Waals surface area contributed by atoms with Gasteiger partial charge in [0.05, 0.1) is 12.2 Å². The normalized spacial score (nSPS) is 10.2. The van der Waals surface area contributed by atoms with Crippen LogP contribution in [0.5, 0.6) is 0 Å². The molecule has 0 aliphatic carbocycles. The number of hydrogen-bond donors (Lipinski definition) is 3. The summed E-state index contributed by atoms with van der Waals surface area (Å²) in [6, 6.07) is 0. The molecule has 3 N–H and O–H groups in total. The summed E-state index contributed by atoms with van der Waals surface area (Å²) in [6.45, 7) is 3.14. The fraction of sp³-hybridized carbons (Fsp3) is 0.538. The fourth-order valence-corrected chi connectivity index (χ4v) is 1.92. The standard InChI is InChI=1S/C13H20N4O4/c1-8-10(9(2)17(3)16-8)4-5-11(18)14-6-12(19)15-7-13(20)21/h4-7H2,1-3H3,(H,14,18)(H,15,19)(H,20,21). The number of aryl methyl sites for hydroxylation is 2. The Bertz CT molecular complexity index is 551. The van der Waals surface area contributed by atoms with Crippen molar-refractivity contribution in [2.45, 2.75) is 26.7 Å². The lowest BCUT2D eigenvalue weighted by Crippen LogP contribution is -2.39. The summed E-state index contributed by atoms with van der Waals surface area (Å²) in [6.07, 6.45) is 0.799. The van der Waals surface area contributed by atoms with Gasteiger partial charge in [-0.1, -0.05) is 0 Å². The van der Waals surface area contributed by atoms with Crippen LogP contribution in [0.1, 0.15) is 23.4 Å². The minimum absolute atomic E-state index is 0.225. The zero-order chi connectivity index (χ0) is 16.0. The van der Waals surface area contributed by atoms with Crippen molar-refractivity contribution in [2.24, 2.45) is 7.05 Å². The molecule has 21 heavy (non-hydrogen) atoms. The highest BCUT2D eigenvalue weighted by molar-refractivity contribution is 5.86. The Kier molecular flexibility index (Phi) is 5.89. The number of hydrogen-bond acceptors (Lipinski definition) is 4. The van der Waals surface area contributed by atoms with Crippen LogP contribution in [0.3, 0.4) is 0 Å². The molecule has 1 aromatic heterocycles. The molecule has 0 spiro atoms. The van der Waals surface area contributed by atoms with Crippen molar-refractivity contribution in [3.05, 3.63) is 17.0 Å². The van der Waals surface area contributed by atoms with Gasteiger partial charge in [0.2, 0.25) is 11.8 Å². The van der Waals surface area contributed by atoms with Crippen LogP contribution in [-0.2, 0) is 27.9 Å². The number of aromatic nitrogens is 2. The second-order valence-electron chi connectivity index (χ2n) is 4.72. The third-order valence-corrected chi connectivity index (χ3v) is 3.14. The zero-order valence-corrected chi connectivity index (χ0v) is 12.4. The SMILES string of the molecule is Cc1nn(C)c(C)c1CCC(=O)NCC(=O)NCC(=O)O. The number of carboxylic acids is 1. The van der Waals surface area contributed by atoms with Gasteiger partial charge in [0, 0.05) is 19.2 Å². The van der Waals surface area contributed by atoms with E-state index in [1.165, 1.54) is 0 Å². The maximum Gasteiger partial charge on any atom is 0.322 e. The van der Waals surface area contributed by atoms with Gasteiger partial charge < -0.3 is 15.7 Å². The highest BCUT2D eigenvalue weighted by atomic mass is 16.4. The monoisotopic (exact) mass is 296 g/mol. The molecular weight excluding hydrogens is 276 g/mol. The molecule has 0 fully saturated rings.